The lowest BCUT2D eigenvalue weighted by Gasteiger charge is -2.15. The van der Waals surface area contributed by atoms with Crippen LogP contribution in [0.15, 0.2) is 60.7 Å². The zero-order chi connectivity index (χ0) is 59.7. The average molecular weight is 1160 g/mol. The van der Waals surface area contributed by atoms with Gasteiger partial charge in [0.25, 0.3) is 11.4 Å². The second-order valence-electron chi connectivity index (χ2n) is 18.2. The topological polar surface area (TPSA) is 338 Å². The van der Waals surface area contributed by atoms with E-state index in [0.29, 0.717) is 164 Å². The highest BCUT2D eigenvalue weighted by Gasteiger charge is 2.20. The van der Waals surface area contributed by atoms with E-state index >= 15 is 0 Å². The first-order valence-electron chi connectivity index (χ1n) is 27.7. The van der Waals surface area contributed by atoms with E-state index in [4.69, 9.17) is 53.1 Å². The van der Waals surface area contributed by atoms with E-state index in [1.54, 1.807) is 0 Å². The number of nitrogens with one attached hydrogen (secondary N) is 4. The van der Waals surface area contributed by atoms with Crippen molar-refractivity contribution < 1.29 is 81.2 Å². The summed E-state index contributed by atoms with van der Waals surface area (Å²) in [5.41, 5.74) is 5.63. The molecule has 1 atom stereocenters. The number of anilines is 1. The molecule has 82 heavy (non-hydrogen) atoms. The van der Waals surface area contributed by atoms with Crippen LogP contribution in [-0.2, 0) is 77.8 Å². The van der Waals surface area contributed by atoms with E-state index in [1.807, 2.05) is 43.4 Å². The highest BCUT2D eigenvalue weighted by molar-refractivity contribution is 5.87. The Morgan fingerprint density at radius 3 is 1.61 bits per heavy atom. The molecule has 0 bridgehead atoms. The first kappa shape index (κ1) is 71.9. The summed E-state index contributed by atoms with van der Waals surface area (Å²) >= 11 is 0. The Labute approximate surface area is 480 Å². The van der Waals surface area contributed by atoms with Gasteiger partial charge in [0.05, 0.1) is 148 Å². The van der Waals surface area contributed by atoms with Gasteiger partial charge in [0, 0.05) is 51.4 Å². The smallest absolute Gasteiger partial charge is 0.299 e. The normalized spacial score (nSPS) is 11.4. The van der Waals surface area contributed by atoms with Gasteiger partial charge in [-0.15, -0.1) is 0 Å². The average Bonchev–Trinajstić information content (AvgIpc) is 3.59. The SMILES string of the molecule is CC(=O)CCOCCCC(=O)CCOCCOCCOCCOCCOCCOCCOCCOCCNC(=O)Cc1ccc2ccccc2c1.CNCCCCC(NC(=O)CCOCCNc1ccc([N+](=O)[O-])cc1[N+](=O)[O-])C(N)=O. The van der Waals surface area contributed by atoms with Crippen LogP contribution in [-0.4, -0.2) is 204 Å². The van der Waals surface area contributed by atoms with Gasteiger partial charge in [0.1, 0.15) is 23.3 Å². The van der Waals surface area contributed by atoms with E-state index in [0.717, 1.165) is 47.9 Å². The Hall–Kier alpha value is -6.17. The van der Waals surface area contributed by atoms with E-state index in [-0.39, 0.29) is 60.9 Å². The van der Waals surface area contributed by atoms with Crippen molar-refractivity contribution in [3.8, 4) is 0 Å². The van der Waals surface area contributed by atoms with E-state index in [1.165, 1.54) is 13.0 Å². The molecular weight excluding hydrogens is 1070 g/mol. The fraction of sp³-hybridized carbons (Fsp3) is 0.625. The minimum Gasteiger partial charge on any atom is -0.381 e. The molecule has 0 radical (unpaired) electrons. The Bertz CT molecular complexity index is 2260. The molecule has 6 N–H and O–H groups in total. The summed E-state index contributed by atoms with van der Waals surface area (Å²) in [6, 6.07) is 16.7. The van der Waals surface area contributed by atoms with Crippen LogP contribution in [0.4, 0.5) is 17.1 Å². The number of primary amides is 1. The fourth-order valence-corrected chi connectivity index (χ4v) is 7.16. The first-order chi connectivity index (χ1) is 39.8. The van der Waals surface area contributed by atoms with Gasteiger partial charge in [0.15, 0.2) is 0 Å². The van der Waals surface area contributed by atoms with Crippen molar-refractivity contribution in [3.63, 3.8) is 0 Å². The summed E-state index contributed by atoms with van der Waals surface area (Å²) in [6.45, 7) is 11.5. The number of ketones is 2. The van der Waals surface area contributed by atoms with Gasteiger partial charge in [-0.05, 0) is 68.6 Å². The van der Waals surface area contributed by atoms with E-state index < -0.39 is 27.5 Å². The van der Waals surface area contributed by atoms with Crippen LogP contribution in [0.5, 0.6) is 0 Å². The van der Waals surface area contributed by atoms with Crippen molar-refractivity contribution >= 4 is 57.1 Å². The predicted molar refractivity (Wildman–Crippen MR) is 305 cm³/mol. The van der Waals surface area contributed by atoms with Crippen molar-refractivity contribution in [1.82, 2.24) is 16.0 Å². The lowest BCUT2D eigenvalue weighted by molar-refractivity contribution is -0.393. The molecule has 0 aliphatic carbocycles. The molecular formula is C56H87N7O19. The maximum absolute atomic E-state index is 12.2. The van der Waals surface area contributed by atoms with Crippen molar-refractivity contribution in [2.24, 2.45) is 5.73 Å². The lowest BCUT2D eigenvalue weighted by atomic mass is 10.1. The number of Topliss-reactive ketones (excluding diaryl/α,β-unsaturated/α-hetero) is 2. The number of non-ortho nitro benzene ring substituents is 1. The van der Waals surface area contributed by atoms with Crippen molar-refractivity contribution in [2.45, 2.75) is 70.8 Å². The zero-order valence-electron chi connectivity index (χ0n) is 47.7. The Morgan fingerprint density at radius 2 is 1.05 bits per heavy atom. The summed E-state index contributed by atoms with van der Waals surface area (Å²) in [7, 11) is 1.83. The molecule has 1 unspecified atom stereocenters. The number of hydrogen-bond donors (Lipinski definition) is 5. The molecule has 0 saturated heterocycles. The summed E-state index contributed by atoms with van der Waals surface area (Å²) < 4.78 is 54.5. The molecule has 26 nitrogen and oxygen atoms in total. The number of unbranched alkanes of at least 4 members (excludes halogenated alkanes) is 1. The molecule has 0 heterocycles. The Kier molecular flexibility index (Phi) is 42.4. The second-order valence-corrected chi connectivity index (χ2v) is 18.2. The van der Waals surface area contributed by atoms with Crippen molar-refractivity contribution in [3.05, 3.63) is 86.5 Å². The van der Waals surface area contributed by atoms with Crippen LogP contribution in [0, 0.1) is 20.2 Å². The highest BCUT2D eigenvalue weighted by atomic mass is 16.6. The lowest BCUT2D eigenvalue weighted by Crippen LogP contribution is -2.44. The molecule has 3 amide bonds. The first-order valence-corrected chi connectivity index (χ1v) is 27.7. The van der Waals surface area contributed by atoms with Crippen molar-refractivity contribution in [1.29, 1.82) is 0 Å². The molecule has 0 saturated carbocycles. The van der Waals surface area contributed by atoms with Crippen LogP contribution >= 0.6 is 0 Å². The summed E-state index contributed by atoms with van der Waals surface area (Å²) in [4.78, 5) is 78.6. The number of carbonyl (C=O) groups excluding carboxylic acids is 5. The summed E-state index contributed by atoms with van der Waals surface area (Å²) in [5, 5.41) is 35.3. The van der Waals surface area contributed by atoms with Gasteiger partial charge in [-0.25, -0.2) is 0 Å². The molecule has 0 spiro atoms. The van der Waals surface area contributed by atoms with Gasteiger partial charge in [0.2, 0.25) is 17.7 Å². The number of nitrogens with zero attached hydrogens (tertiary/aromatic N) is 2. The monoisotopic (exact) mass is 1160 g/mol. The largest absolute Gasteiger partial charge is 0.381 e. The van der Waals surface area contributed by atoms with Gasteiger partial charge in [-0.1, -0.05) is 42.5 Å². The number of nitrogens with two attached hydrogens (primary N) is 1. The number of hydrogen-bond acceptors (Lipinski definition) is 21. The van der Waals surface area contributed by atoms with Crippen LogP contribution < -0.4 is 27.0 Å². The predicted octanol–water partition coefficient (Wildman–Crippen LogP) is 4.05. The van der Waals surface area contributed by atoms with Crippen LogP contribution in [0.25, 0.3) is 10.8 Å². The number of nitro benzene ring substituents is 2. The van der Waals surface area contributed by atoms with Gasteiger partial charge in [-0.3, -0.25) is 44.2 Å². The van der Waals surface area contributed by atoms with Gasteiger partial charge < -0.3 is 74.4 Å². The minimum absolute atomic E-state index is 0.0240. The third kappa shape index (κ3) is 38.5. The third-order valence-corrected chi connectivity index (χ3v) is 11.5. The number of fused-ring (bicyclic) bond motifs is 1. The maximum Gasteiger partial charge on any atom is 0.299 e. The fourth-order valence-electron chi connectivity index (χ4n) is 7.16. The standard InChI is InChI=1S/C38H59NO12.C18H28N6O7/c1-33(40)10-14-43-13-4-7-37(41)11-15-44-17-19-46-21-23-48-25-27-50-29-30-51-28-26-49-24-22-47-20-18-45-16-12-39-38(42)32-34-8-9-35-5-2-3-6-36(35)31-34;1-20-8-3-2-4-15(18(19)26)22-17(25)7-10-31-11-9-21-14-6-5-13(23(27)28)12-16(14)24(29)30/h2-3,5-6,8-9,31H,4,7,10-30,32H2,1H3,(H,39,42);5-6,12,15,20-21H,2-4,7-11H2,1H3,(H2,19,26)(H,22,25). The summed E-state index contributed by atoms with van der Waals surface area (Å²) in [6.07, 6.45) is 4.34. The number of benzene rings is 3. The molecule has 3 aromatic carbocycles. The Balaban J connectivity index is 0.000000632. The number of nitro groups is 2. The van der Waals surface area contributed by atoms with Crippen molar-refractivity contribution in [2.75, 3.05) is 164 Å². The molecule has 3 rings (SSSR count). The Morgan fingerprint density at radius 1 is 0.524 bits per heavy atom. The second kappa shape index (κ2) is 48.4. The quantitative estimate of drug-likeness (QED) is 0.0302. The minimum atomic E-state index is -0.728. The van der Waals surface area contributed by atoms with Crippen LogP contribution in [0.2, 0.25) is 0 Å². The molecule has 26 heteroatoms. The molecule has 460 valence electrons. The number of ether oxygens (including phenoxy) is 10. The molecule has 0 aliphatic heterocycles. The maximum atomic E-state index is 12.2. The zero-order valence-corrected chi connectivity index (χ0v) is 47.7. The van der Waals surface area contributed by atoms with Crippen LogP contribution in [0.3, 0.4) is 0 Å². The summed E-state index contributed by atoms with van der Waals surface area (Å²) in [5.74, 6) is -0.732. The van der Waals surface area contributed by atoms with Gasteiger partial charge >= 0.3 is 0 Å². The highest BCUT2D eigenvalue weighted by Crippen LogP contribution is 2.28. The number of carbonyl (C=O) groups is 5. The number of rotatable bonds is 52. The third-order valence-electron chi connectivity index (χ3n) is 11.5. The van der Waals surface area contributed by atoms with E-state index in [2.05, 4.69) is 27.3 Å². The molecule has 0 aliphatic rings. The number of amides is 3. The molecule has 0 fully saturated rings. The van der Waals surface area contributed by atoms with E-state index in [9.17, 15) is 44.2 Å². The molecule has 3 aromatic rings. The van der Waals surface area contributed by atoms with Gasteiger partial charge in [-0.2, -0.15) is 0 Å². The molecule has 0 aromatic heterocycles. The van der Waals surface area contributed by atoms with Crippen LogP contribution in [0.1, 0.15) is 63.9 Å².